The van der Waals surface area contributed by atoms with E-state index in [2.05, 4.69) is 20.6 Å². The molecule has 34 heavy (non-hydrogen) atoms. The number of nitrogens with one attached hydrogen (secondary N) is 2. The maximum Gasteiger partial charge on any atom is 0.421 e. The monoisotopic (exact) mass is 500 g/mol. The first kappa shape index (κ1) is 25.7. The highest BCUT2D eigenvalue weighted by molar-refractivity contribution is 7.88. The molecule has 186 valence electrons. The van der Waals surface area contributed by atoms with Gasteiger partial charge in [0.25, 0.3) is 0 Å². The van der Waals surface area contributed by atoms with Gasteiger partial charge in [-0.25, -0.2) is 17.7 Å². The summed E-state index contributed by atoms with van der Waals surface area (Å²) in [5, 5.41) is 5.60. The number of amides is 1. The molecule has 13 heteroatoms. The van der Waals surface area contributed by atoms with E-state index < -0.39 is 27.2 Å². The molecule has 0 atom stereocenters. The SMILES string of the molecule is CN(CC(C)(C)CN(C)S(C)(=O)=O)c1nc(Nc2ccc3c(c2)CC(=O)N3)ncc1C(F)(F)F. The zero-order valence-corrected chi connectivity index (χ0v) is 20.3. The first-order chi connectivity index (χ1) is 15.5. The minimum absolute atomic E-state index is 0.0434. The van der Waals surface area contributed by atoms with Crippen molar-refractivity contribution >= 4 is 39.1 Å². The van der Waals surface area contributed by atoms with Crippen molar-refractivity contribution in [2.24, 2.45) is 5.41 Å². The van der Waals surface area contributed by atoms with Gasteiger partial charge >= 0.3 is 6.18 Å². The van der Waals surface area contributed by atoms with Crippen LogP contribution in [0, 0.1) is 5.41 Å². The van der Waals surface area contributed by atoms with Gasteiger partial charge in [0.05, 0.1) is 12.7 Å². The van der Waals surface area contributed by atoms with Crippen LogP contribution in [-0.4, -0.2) is 62.0 Å². The maximum atomic E-state index is 13.7. The zero-order chi connectivity index (χ0) is 25.5. The molecule has 0 saturated heterocycles. The van der Waals surface area contributed by atoms with E-state index in [1.54, 1.807) is 32.0 Å². The van der Waals surface area contributed by atoms with E-state index in [0.717, 1.165) is 22.3 Å². The summed E-state index contributed by atoms with van der Waals surface area (Å²) in [6.07, 6.45) is -2.68. The van der Waals surface area contributed by atoms with Crippen molar-refractivity contribution in [3.63, 3.8) is 0 Å². The molecule has 0 radical (unpaired) electrons. The van der Waals surface area contributed by atoms with Gasteiger partial charge < -0.3 is 15.5 Å². The summed E-state index contributed by atoms with van der Waals surface area (Å²) >= 11 is 0. The average molecular weight is 501 g/mol. The number of hydrogen-bond donors (Lipinski definition) is 2. The van der Waals surface area contributed by atoms with Gasteiger partial charge in [0, 0.05) is 44.8 Å². The molecule has 1 aromatic heterocycles. The van der Waals surface area contributed by atoms with Crippen LogP contribution in [0.5, 0.6) is 0 Å². The van der Waals surface area contributed by atoms with E-state index in [1.165, 1.54) is 19.0 Å². The van der Waals surface area contributed by atoms with E-state index in [0.29, 0.717) is 11.4 Å². The van der Waals surface area contributed by atoms with Crippen molar-refractivity contribution in [2.75, 3.05) is 49.0 Å². The molecule has 0 bridgehead atoms. The van der Waals surface area contributed by atoms with Crippen molar-refractivity contribution in [2.45, 2.75) is 26.4 Å². The van der Waals surface area contributed by atoms with Gasteiger partial charge in [-0.1, -0.05) is 13.8 Å². The third-order valence-electron chi connectivity index (χ3n) is 5.30. The minimum atomic E-state index is -4.69. The maximum absolute atomic E-state index is 13.7. The lowest BCUT2D eigenvalue weighted by molar-refractivity contribution is -0.137. The normalized spacial score (nSPS) is 14.2. The largest absolute Gasteiger partial charge is 0.421 e. The fraction of sp³-hybridized carbons (Fsp3) is 0.476. The number of sulfonamides is 1. The first-order valence-electron chi connectivity index (χ1n) is 10.3. The van der Waals surface area contributed by atoms with Gasteiger partial charge in [-0.15, -0.1) is 0 Å². The molecule has 1 amide bonds. The lowest BCUT2D eigenvalue weighted by Crippen LogP contribution is -2.42. The van der Waals surface area contributed by atoms with E-state index in [4.69, 9.17) is 0 Å². The second-order valence-electron chi connectivity index (χ2n) is 9.19. The van der Waals surface area contributed by atoms with E-state index in [9.17, 15) is 26.4 Å². The summed E-state index contributed by atoms with van der Waals surface area (Å²) in [7, 11) is -0.554. The number of benzene rings is 1. The topological polar surface area (TPSA) is 108 Å². The Morgan fingerprint density at radius 1 is 1.18 bits per heavy atom. The Balaban J connectivity index is 1.87. The van der Waals surface area contributed by atoms with Crippen LogP contribution in [0.15, 0.2) is 24.4 Å². The summed E-state index contributed by atoms with van der Waals surface area (Å²) < 4.78 is 65.8. The third kappa shape index (κ3) is 6.14. The minimum Gasteiger partial charge on any atom is -0.358 e. The molecular formula is C21H27F3N6O3S. The van der Waals surface area contributed by atoms with Crippen LogP contribution in [0.25, 0.3) is 0 Å². The Bertz CT molecular complexity index is 1200. The van der Waals surface area contributed by atoms with E-state index in [-0.39, 0.29) is 37.2 Å². The Labute approximate surface area is 196 Å². The van der Waals surface area contributed by atoms with Crippen LogP contribution in [0.3, 0.4) is 0 Å². The molecular weight excluding hydrogens is 473 g/mol. The smallest absolute Gasteiger partial charge is 0.358 e. The number of carbonyl (C=O) groups is 1. The van der Waals surface area contributed by atoms with Gasteiger partial charge in [0.15, 0.2) is 0 Å². The number of aromatic nitrogens is 2. The Morgan fingerprint density at radius 2 is 1.85 bits per heavy atom. The molecule has 1 aromatic carbocycles. The molecule has 1 aliphatic rings. The molecule has 0 spiro atoms. The fourth-order valence-electron chi connectivity index (χ4n) is 3.85. The average Bonchev–Trinajstić information content (AvgIpc) is 3.04. The predicted octanol–water partition coefficient (Wildman–Crippen LogP) is 3.09. The van der Waals surface area contributed by atoms with Crippen LogP contribution >= 0.6 is 0 Å². The Hall–Kier alpha value is -2.93. The second-order valence-corrected chi connectivity index (χ2v) is 11.3. The third-order valence-corrected chi connectivity index (χ3v) is 6.57. The van der Waals surface area contributed by atoms with Crippen molar-refractivity contribution in [3.8, 4) is 0 Å². The number of carbonyl (C=O) groups excluding carboxylic acids is 1. The van der Waals surface area contributed by atoms with Gasteiger partial charge in [0.1, 0.15) is 11.4 Å². The molecule has 0 fully saturated rings. The summed E-state index contributed by atoms with van der Waals surface area (Å²) in [5.74, 6) is -0.512. The van der Waals surface area contributed by atoms with Crippen molar-refractivity contribution in [1.29, 1.82) is 0 Å². The second kappa shape index (κ2) is 9.02. The van der Waals surface area contributed by atoms with Crippen molar-refractivity contribution < 1.29 is 26.4 Å². The quantitative estimate of drug-likeness (QED) is 0.574. The molecule has 2 aromatic rings. The first-order valence-corrected chi connectivity index (χ1v) is 12.2. The summed E-state index contributed by atoms with van der Waals surface area (Å²) in [6.45, 7) is 3.73. The number of rotatable bonds is 8. The molecule has 0 saturated carbocycles. The number of nitrogens with zero attached hydrogens (tertiary/aromatic N) is 4. The Morgan fingerprint density at radius 3 is 2.47 bits per heavy atom. The summed E-state index contributed by atoms with van der Waals surface area (Å²) in [6, 6.07) is 5.07. The number of alkyl halides is 3. The van der Waals surface area contributed by atoms with E-state index in [1.807, 2.05) is 0 Å². The highest BCUT2D eigenvalue weighted by atomic mass is 32.2. The van der Waals surface area contributed by atoms with Crippen LogP contribution in [0.4, 0.5) is 36.3 Å². The van der Waals surface area contributed by atoms with Crippen LogP contribution in [0.2, 0.25) is 0 Å². The van der Waals surface area contributed by atoms with Crippen LogP contribution in [-0.2, 0) is 27.4 Å². The molecule has 3 rings (SSSR count). The fourth-order valence-corrected chi connectivity index (χ4v) is 4.43. The van der Waals surface area contributed by atoms with Crippen LogP contribution in [0.1, 0.15) is 25.0 Å². The van der Waals surface area contributed by atoms with E-state index >= 15 is 0 Å². The zero-order valence-electron chi connectivity index (χ0n) is 19.5. The van der Waals surface area contributed by atoms with Gasteiger partial charge in [0.2, 0.25) is 21.9 Å². The number of halogens is 3. The standard InChI is InChI=1S/C21H27F3N6O3S/c1-20(2,12-30(4)34(5,32)33)11-29(3)18-15(21(22,23)24)10-25-19(28-18)26-14-6-7-16-13(8-14)9-17(31)27-16/h6-8,10H,9,11-12H2,1-5H3,(H,27,31)(H,25,26,28). The molecule has 2 N–H and O–H groups in total. The Kier molecular flexibility index (Phi) is 6.82. The number of anilines is 4. The van der Waals surface area contributed by atoms with Gasteiger partial charge in [-0.3, -0.25) is 4.79 Å². The lowest BCUT2D eigenvalue weighted by Gasteiger charge is -2.34. The molecule has 9 nitrogen and oxygen atoms in total. The lowest BCUT2D eigenvalue weighted by atomic mass is 9.93. The van der Waals surface area contributed by atoms with Gasteiger partial charge in [-0.2, -0.15) is 18.2 Å². The molecule has 0 unspecified atom stereocenters. The molecule has 1 aliphatic heterocycles. The number of fused-ring (bicyclic) bond motifs is 1. The summed E-state index contributed by atoms with van der Waals surface area (Å²) in [5.41, 5.74) is 0.282. The van der Waals surface area contributed by atoms with Crippen LogP contribution < -0.4 is 15.5 Å². The summed E-state index contributed by atoms with van der Waals surface area (Å²) in [4.78, 5) is 20.9. The van der Waals surface area contributed by atoms with Gasteiger partial charge in [-0.05, 0) is 29.2 Å². The highest BCUT2D eigenvalue weighted by Gasteiger charge is 2.37. The predicted molar refractivity (Wildman–Crippen MR) is 124 cm³/mol. The highest BCUT2D eigenvalue weighted by Crippen LogP contribution is 2.36. The molecule has 0 aliphatic carbocycles. The molecule has 2 heterocycles. The van der Waals surface area contributed by atoms with Crippen molar-refractivity contribution in [3.05, 3.63) is 35.5 Å². The number of hydrogen-bond acceptors (Lipinski definition) is 7. The van der Waals surface area contributed by atoms with Crippen molar-refractivity contribution in [1.82, 2.24) is 14.3 Å².